The molecule has 24 heavy (non-hydrogen) atoms. The summed E-state index contributed by atoms with van der Waals surface area (Å²) in [7, 11) is 0. The molecule has 2 heterocycles. The number of H-pyrrole nitrogens is 1. The molecule has 0 aliphatic carbocycles. The molecule has 1 amide bonds. The zero-order valence-corrected chi connectivity index (χ0v) is 13.5. The van der Waals surface area contributed by atoms with Crippen molar-refractivity contribution >= 4 is 11.6 Å². The largest absolute Gasteiger partial charge is 0.367 e. The number of nitrogens with one attached hydrogen (secondary N) is 2. The zero-order chi connectivity index (χ0) is 17.1. The van der Waals surface area contributed by atoms with E-state index >= 15 is 0 Å². The van der Waals surface area contributed by atoms with Gasteiger partial charge in [-0.15, -0.1) is 0 Å². The van der Waals surface area contributed by atoms with E-state index in [1.807, 2.05) is 4.90 Å². The molecule has 2 N–H and O–H groups in total. The molecule has 126 valence electrons. The first kappa shape index (κ1) is 16.2. The molecule has 0 unspecified atom stereocenters. The van der Waals surface area contributed by atoms with Crippen LogP contribution in [0.25, 0.3) is 0 Å². The van der Waals surface area contributed by atoms with Crippen LogP contribution in [0, 0.1) is 12.7 Å². The number of piperidine rings is 1. The monoisotopic (exact) mass is 329 g/mol. The molecule has 0 bridgehead atoms. The summed E-state index contributed by atoms with van der Waals surface area (Å²) in [6.07, 6.45) is 3.09. The summed E-state index contributed by atoms with van der Waals surface area (Å²) in [6, 6.07) is 7.92. The minimum Gasteiger partial charge on any atom is -0.367 e. The van der Waals surface area contributed by atoms with E-state index in [4.69, 9.17) is 0 Å². The standard InChI is InChI=1S/C18H20FN3O2/c1-12-9-17(23)14(10-20-12)18(24)21-13-5-4-8-22(11-13)16-7-3-2-6-15(16)19/h2-3,6-7,9-10,13H,4-5,8,11H2,1H3,(H,20,23)(H,21,24)/t13-/m1/s1. The Morgan fingerprint density at radius 2 is 2.17 bits per heavy atom. The van der Waals surface area contributed by atoms with Crippen LogP contribution in [0.3, 0.4) is 0 Å². The number of anilines is 1. The van der Waals surface area contributed by atoms with Crippen LogP contribution < -0.4 is 15.6 Å². The molecule has 1 aliphatic heterocycles. The molecule has 2 aromatic rings. The second-order valence-electron chi connectivity index (χ2n) is 6.10. The summed E-state index contributed by atoms with van der Waals surface area (Å²) in [6.45, 7) is 3.03. The van der Waals surface area contributed by atoms with Gasteiger partial charge in [-0.3, -0.25) is 9.59 Å². The Morgan fingerprint density at radius 1 is 1.38 bits per heavy atom. The number of aryl methyl sites for hydroxylation is 1. The van der Waals surface area contributed by atoms with Crippen LogP contribution in [-0.4, -0.2) is 30.0 Å². The first-order chi connectivity index (χ1) is 11.5. The van der Waals surface area contributed by atoms with Crippen molar-refractivity contribution in [3.8, 4) is 0 Å². The second kappa shape index (κ2) is 6.86. The molecular formula is C18H20FN3O2. The number of aromatic amines is 1. The fourth-order valence-corrected chi connectivity index (χ4v) is 3.04. The van der Waals surface area contributed by atoms with Gasteiger partial charge < -0.3 is 15.2 Å². The highest BCUT2D eigenvalue weighted by Crippen LogP contribution is 2.22. The Morgan fingerprint density at radius 3 is 2.92 bits per heavy atom. The van der Waals surface area contributed by atoms with E-state index in [1.165, 1.54) is 18.3 Å². The van der Waals surface area contributed by atoms with Crippen molar-refractivity contribution in [3.05, 3.63) is 63.8 Å². The molecule has 1 fully saturated rings. The van der Waals surface area contributed by atoms with Crippen molar-refractivity contribution in [3.63, 3.8) is 0 Å². The van der Waals surface area contributed by atoms with E-state index in [-0.39, 0.29) is 22.9 Å². The van der Waals surface area contributed by atoms with Crippen LogP contribution in [0.2, 0.25) is 0 Å². The number of carbonyl (C=O) groups excluding carboxylic acids is 1. The molecule has 1 aromatic heterocycles. The summed E-state index contributed by atoms with van der Waals surface area (Å²) < 4.78 is 13.9. The van der Waals surface area contributed by atoms with Gasteiger partial charge in [-0.05, 0) is 31.9 Å². The Kier molecular flexibility index (Phi) is 4.64. The molecule has 1 aliphatic rings. The Bertz CT molecular complexity index is 803. The van der Waals surface area contributed by atoms with Gasteiger partial charge >= 0.3 is 0 Å². The molecule has 0 saturated carbocycles. The second-order valence-corrected chi connectivity index (χ2v) is 6.10. The lowest BCUT2D eigenvalue weighted by Crippen LogP contribution is -2.48. The lowest BCUT2D eigenvalue weighted by atomic mass is 10.0. The van der Waals surface area contributed by atoms with Crippen LogP contribution in [0.4, 0.5) is 10.1 Å². The molecule has 5 nitrogen and oxygen atoms in total. The maximum atomic E-state index is 13.9. The Balaban J connectivity index is 1.70. The van der Waals surface area contributed by atoms with E-state index < -0.39 is 5.91 Å². The number of carbonyl (C=O) groups is 1. The van der Waals surface area contributed by atoms with Crippen LogP contribution in [0.1, 0.15) is 28.9 Å². The molecule has 1 atom stereocenters. The van der Waals surface area contributed by atoms with Crippen molar-refractivity contribution in [1.82, 2.24) is 10.3 Å². The first-order valence-electron chi connectivity index (χ1n) is 8.04. The van der Waals surface area contributed by atoms with Gasteiger partial charge in [0.2, 0.25) is 0 Å². The Hall–Kier alpha value is -2.63. The van der Waals surface area contributed by atoms with Crippen molar-refractivity contribution < 1.29 is 9.18 Å². The van der Waals surface area contributed by atoms with E-state index in [0.29, 0.717) is 17.9 Å². The van der Waals surface area contributed by atoms with Crippen molar-refractivity contribution in [2.45, 2.75) is 25.8 Å². The normalized spacial score (nSPS) is 17.6. The smallest absolute Gasteiger partial charge is 0.257 e. The SMILES string of the molecule is Cc1cc(=O)c(C(=O)N[C@@H]2CCCN(c3ccccc3F)C2)c[nH]1. The van der Waals surface area contributed by atoms with E-state index in [1.54, 1.807) is 25.1 Å². The highest BCUT2D eigenvalue weighted by Gasteiger charge is 2.24. The number of rotatable bonds is 3. The first-order valence-corrected chi connectivity index (χ1v) is 8.04. The van der Waals surface area contributed by atoms with Crippen molar-refractivity contribution in [2.24, 2.45) is 0 Å². The van der Waals surface area contributed by atoms with E-state index in [2.05, 4.69) is 10.3 Å². The number of benzene rings is 1. The van der Waals surface area contributed by atoms with Gasteiger partial charge in [0, 0.05) is 37.1 Å². The molecule has 1 saturated heterocycles. The number of halogens is 1. The number of nitrogens with zero attached hydrogens (tertiary/aromatic N) is 1. The number of hydrogen-bond donors (Lipinski definition) is 2. The lowest BCUT2D eigenvalue weighted by molar-refractivity contribution is 0.0931. The summed E-state index contributed by atoms with van der Waals surface area (Å²) in [5, 5.41) is 2.89. The average molecular weight is 329 g/mol. The van der Waals surface area contributed by atoms with Gasteiger partial charge in [0.25, 0.3) is 5.91 Å². The third-order valence-electron chi connectivity index (χ3n) is 4.25. The van der Waals surface area contributed by atoms with Crippen LogP contribution in [0.15, 0.2) is 41.3 Å². The van der Waals surface area contributed by atoms with Gasteiger partial charge in [0.15, 0.2) is 5.43 Å². The molecule has 0 spiro atoms. The van der Waals surface area contributed by atoms with Gasteiger partial charge in [0.05, 0.1) is 5.69 Å². The zero-order valence-electron chi connectivity index (χ0n) is 13.5. The minimum atomic E-state index is -0.392. The van der Waals surface area contributed by atoms with Gasteiger partial charge in [-0.25, -0.2) is 4.39 Å². The number of pyridine rings is 1. The van der Waals surface area contributed by atoms with Crippen LogP contribution >= 0.6 is 0 Å². The lowest BCUT2D eigenvalue weighted by Gasteiger charge is -2.34. The van der Waals surface area contributed by atoms with Crippen molar-refractivity contribution in [2.75, 3.05) is 18.0 Å². The number of aromatic nitrogens is 1. The average Bonchev–Trinajstić information content (AvgIpc) is 2.55. The fraction of sp³-hybridized carbons (Fsp3) is 0.333. The quantitative estimate of drug-likeness (QED) is 0.907. The van der Waals surface area contributed by atoms with E-state index in [9.17, 15) is 14.0 Å². The Labute approximate surface area is 139 Å². The highest BCUT2D eigenvalue weighted by atomic mass is 19.1. The molecule has 1 aromatic carbocycles. The summed E-state index contributed by atoms with van der Waals surface area (Å²) in [5.74, 6) is -0.656. The molecule has 0 radical (unpaired) electrons. The highest BCUT2D eigenvalue weighted by molar-refractivity contribution is 5.94. The summed E-state index contributed by atoms with van der Waals surface area (Å²) in [5.41, 5.74) is 1.05. The van der Waals surface area contributed by atoms with Gasteiger partial charge in [-0.2, -0.15) is 0 Å². The number of para-hydroxylation sites is 1. The molecule has 6 heteroatoms. The van der Waals surface area contributed by atoms with Crippen LogP contribution in [-0.2, 0) is 0 Å². The predicted molar refractivity (Wildman–Crippen MR) is 90.9 cm³/mol. The van der Waals surface area contributed by atoms with E-state index in [0.717, 1.165) is 19.4 Å². The molecular weight excluding hydrogens is 309 g/mol. The third-order valence-corrected chi connectivity index (χ3v) is 4.25. The predicted octanol–water partition coefficient (Wildman–Crippen LogP) is 2.22. The number of amides is 1. The third kappa shape index (κ3) is 3.48. The fourth-order valence-electron chi connectivity index (χ4n) is 3.04. The van der Waals surface area contributed by atoms with Crippen molar-refractivity contribution in [1.29, 1.82) is 0 Å². The van der Waals surface area contributed by atoms with Gasteiger partial charge in [-0.1, -0.05) is 12.1 Å². The summed E-state index contributed by atoms with van der Waals surface area (Å²) >= 11 is 0. The number of hydrogen-bond acceptors (Lipinski definition) is 3. The van der Waals surface area contributed by atoms with Crippen LogP contribution in [0.5, 0.6) is 0 Å². The minimum absolute atomic E-state index is 0.101. The maximum absolute atomic E-state index is 13.9. The van der Waals surface area contributed by atoms with Gasteiger partial charge in [0.1, 0.15) is 11.4 Å². The topological polar surface area (TPSA) is 65.2 Å². The summed E-state index contributed by atoms with van der Waals surface area (Å²) in [4.78, 5) is 29.1. The molecule has 3 rings (SSSR count). The maximum Gasteiger partial charge on any atom is 0.257 e.